The number of halogens is 1. The molecule has 5 nitrogen and oxygen atoms in total. The van der Waals surface area contributed by atoms with Crippen LogP contribution in [0.25, 0.3) is 0 Å². The Hall–Kier alpha value is -2.73. The predicted octanol–water partition coefficient (Wildman–Crippen LogP) is 2.47. The molecule has 142 valence electrons. The van der Waals surface area contributed by atoms with Crippen molar-refractivity contribution in [2.24, 2.45) is 0 Å². The summed E-state index contributed by atoms with van der Waals surface area (Å²) in [7, 11) is 0. The van der Waals surface area contributed by atoms with Gasteiger partial charge in [0.05, 0.1) is 12.2 Å². The maximum absolute atomic E-state index is 14.3. The molecule has 1 saturated heterocycles. The minimum Gasteiger partial charge on any atom is -0.367 e. The second-order valence-electron chi connectivity index (χ2n) is 6.75. The van der Waals surface area contributed by atoms with Gasteiger partial charge in [0.2, 0.25) is 5.91 Å². The van der Waals surface area contributed by atoms with Crippen LogP contribution in [0.4, 0.5) is 10.1 Å². The largest absolute Gasteiger partial charge is 0.367 e. The summed E-state index contributed by atoms with van der Waals surface area (Å²) >= 11 is 0. The smallest absolute Gasteiger partial charge is 0.234 e. The van der Waals surface area contributed by atoms with Crippen LogP contribution in [0.1, 0.15) is 22.8 Å². The molecule has 1 amide bonds. The van der Waals surface area contributed by atoms with Crippen molar-refractivity contribution < 1.29 is 14.0 Å². The number of ketones is 1. The van der Waals surface area contributed by atoms with Crippen molar-refractivity contribution >= 4 is 17.4 Å². The fourth-order valence-corrected chi connectivity index (χ4v) is 3.18. The molecule has 0 saturated carbocycles. The number of benzene rings is 2. The monoisotopic (exact) mass is 369 g/mol. The molecule has 0 aromatic heterocycles. The van der Waals surface area contributed by atoms with Crippen molar-refractivity contribution in [1.82, 2.24) is 10.2 Å². The van der Waals surface area contributed by atoms with Gasteiger partial charge in [0.15, 0.2) is 5.78 Å². The lowest BCUT2D eigenvalue weighted by Gasteiger charge is -2.35. The average molecular weight is 369 g/mol. The number of nitrogens with one attached hydrogen (secondary N) is 1. The lowest BCUT2D eigenvalue weighted by molar-refractivity contribution is -0.122. The lowest BCUT2D eigenvalue weighted by atomic mass is 10.1. The summed E-state index contributed by atoms with van der Waals surface area (Å²) < 4.78 is 14.3. The third-order valence-electron chi connectivity index (χ3n) is 4.77. The van der Waals surface area contributed by atoms with Crippen LogP contribution in [-0.4, -0.2) is 49.3 Å². The first-order valence-electron chi connectivity index (χ1n) is 9.11. The van der Waals surface area contributed by atoms with Crippen LogP contribution in [0.5, 0.6) is 0 Å². The minimum atomic E-state index is -0.378. The summed E-state index contributed by atoms with van der Waals surface area (Å²) in [6, 6.07) is 14.4. The van der Waals surface area contributed by atoms with Crippen LogP contribution >= 0.6 is 0 Å². The van der Waals surface area contributed by atoms with E-state index in [0.29, 0.717) is 50.5 Å². The Kier molecular flexibility index (Phi) is 6.19. The summed E-state index contributed by atoms with van der Waals surface area (Å²) in [5, 5.41) is 2.93. The van der Waals surface area contributed by atoms with Gasteiger partial charge in [-0.2, -0.15) is 0 Å². The Morgan fingerprint density at radius 1 is 1.04 bits per heavy atom. The second-order valence-corrected chi connectivity index (χ2v) is 6.75. The van der Waals surface area contributed by atoms with Crippen molar-refractivity contribution in [3.05, 3.63) is 65.5 Å². The predicted molar refractivity (Wildman–Crippen MR) is 103 cm³/mol. The van der Waals surface area contributed by atoms with E-state index in [4.69, 9.17) is 0 Å². The van der Waals surface area contributed by atoms with E-state index in [1.807, 2.05) is 35.2 Å². The van der Waals surface area contributed by atoms with Crippen molar-refractivity contribution in [2.75, 3.05) is 37.6 Å². The van der Waals surface area contributed by atoms with E-state index in [2.05, 4.69) is 10.2 Å². The third kappa shape index (κ3) is 5.14. The number of nitrogens with zero attached hydrogens (tertiary/aromatic N) is 2. The molecule has 1 aliphatic heterocycles. The molecule has 6 heteroatoms. The van der Waals surface area contributed by atoms with Crippen molar-refractivity contribution in [1.29, 1.82) is 0 Å². The maximum Gasteiger partial charge on any atom is 0.234 e. The number of rotatable bonds is 6. The molecule has 3 rings (SSSR count). The van der Waals surface area contributed by atoms with Crippen molar-refractivity contribution in [3.63, 3.8) is 0 Å². The van der Waals surface area contributed by atoms with Crippen molar-refractivity contribution in [2.45, 2.75) is 13.5 Å². The van der Waals surface area contributed by atoms with Gasteiger partial charge in [-0.15, -0.1) is 0 Å². The third-order valence-corrected chi connectivity index (χ3v) is 4.77. The van der Waals surface area contributed by atoms with E-state index >= 15 is 0 Å². The van der Waals surface area contributed by atoms with Gasteiger partial charge < -0.3 is 10.2 Å². The van der Waals surface area contributed by atoms with E-state index < -0.39 is 0 Å². The molecule has 2 aromatic carbocycles. The molecule has 0 aliphatic carbocycles. The second kappa shape index (κ2) is 8.77. The zero-order valence-corrected chi connectivity index (χ0v) is 15.5. The molecule has 0 bridgehead atoms. The Labute approximate surface area is 158 Å². The lowest BCUT2D eigenvalue weighted by Crippen LogP contribution is -2.49. The molecule has 0 unspecified atom stereocenters. The molecule has 0 atom stereocenters. The number of hydrogen-bond acceptors (Lipinski definition) is 4. The SMILES string of the molecule is CC(=O)c1ccc(N2CCN(CC(=O)NCc3ccccc3)CC2)c(F)c1. The molecule has 1 aliphatic rings. The average Bonchev–Trinajstić information content (AvgIpc) is 2.68. The first-order chi connectivity index (χ1) is 13.0. The van der Waals surface area contributed by atoms with Gasteiger partial charge in [-0.1, -0.05) is 30.3 Å². The highest BCUT2D eigenvalue weighted by atomic mass is 19.1. The van der Waals surface area contributed by atoms with E-state index in [-0.39, 0.29) is 17.5 Å². The molecule has 1 fully saturated rings. The minimum absolute atomic E-state index is 0.00991. The highest BCUT2D eigenvalue weighted by Crippen LogP contribution is 2.22. The standard InChI is InChI=1S/C21H24FN3O2/c1-16(26)18-7-8-20(19(22)13-18)25-11-9-24(10-12-25)15-21(27)23-14-17-5-3-2-4-6-17/h2-8,13H,9-12,14-15H2,1H3,(H,23,27). The van der Waals surface area contributed by atoms with Gasteiger partial charge in [0.1, 0.15) is 5.82 Å². The zero-order chi connectivity index (χ0) is 19.2. The van der Waals surface area contributed by atoms with Gasteiger partial charge in [0, 0.05) is 38.3 Å². The Bertz CT molecular complexity index is 802. The van der Waals surface area contributed by atoms with Gasteiger partial charge in [-0.3, -0.25) is 14.5 Å². The van der Waals surface area contributed by atoms with Crippen LogP contribution in [0, 0.1) is 5.82 Å². The Balaban J connectivity index is 1.47. The van der Waals surface area contributed by atoms with Crippen LogP contribution in [0.2, 0.25) is 0 Å². The Morgan fingerprint density at radius 3 is 2.37 bits per heavy atom. The molecule has 2 aromatic rings. The Morgan fingerprint density at radius 2 is 1.74 bits per heavy atom. The first-order valence-corrected chi connectivity index (χ1v) is 9.11. The summed E-state index contributed by atoms with van der Waals surface area (Å²) in [4.78, 5) is 27.5. The summed E-state index contributed by atoms with van der Waals surface area (Å²) in [6.07, 6.45) is 0. The normalized spacial score (nSPS) is 14.8. The topological polar surface area (TPSA) is 52.7 Å². The molecule has 0 radical (unpaired) electrons. The number of amides is 1. The fraction of sp³-hybridized carbons (Fsp3) is 0.333. The van der Waals surface area contributed by atoms with E-state index in [1.54, 1.807) is 12.1 Å². The quantitative estimate of drug-likeness (QED) is 0.795. The van der Waals surface area contributed by atoms with Gasteiger partial charge in [0.25, 0.3) is 0 Å². The van der Waals surface area contributed by atoms with E-state index in [0.717, 1.165) is 5.56 Å². The maximum atomic E-state index is 14.3. The van der Waals surface area contributed by atoms with Gasteiger partial charge >= 0.3 is 0 Å². The summed E-state index contributed by atoms with van der Waals surface area (Å²) in [5.41, 5.74) is 1.96. The highest BCUT2D eigenvalue weighted by molar-refractivity contribution is 5.94. The number of carbonyl (C=O) groups excluding carboxylic acids is 2. The molecule has 1 N–H and O–H groups in total. The van der Waals surface area contributed by atoms with Crippen LogP contribution in [-0.2, 0) is 11.3 Å². The van der Waals surface area contributed by atoms with Crippen LogP contribution in [0.15, 0.2) is 48.5 Å². The van der Waals surface area contributed by atoms with Gasteiger partial charge in [-0.05, 0) is 30.7 Å². The molecule has 27 heavy (non-hydrogen) atoms. The van der Waals surface area contributed by atoms with Crippen molar-refractivity contribution in [3.8, 4) is 0 Å². The summed E-state index contributed by atoms with van der Waals surface area (Å²) in [6.45, 7) is 4.94. The number of anilines is 1. The van der Waals surface area contributed by atoms with Crippen LogP contribution in [0.3, 0.4) is 0 Å². The molecular weight excluding hydrogens is 345 g/mol. The van der Waals surface area contributed by atoms with E-state index in [9.17, 15) is 14.0 Å². The molecule has 0 spiro atoms. The van der Waals surface area contributed by atoms with E-state index in [1.165, 1.54) is 13.0 Å². The number of hydrogen-bond donors (Lipinski definition) is 1. The number of piperazine rings is 1. The first kappa shape index (κ1) is 19.0. The number of Topliss-reactive ketones (excluding diaryl/α,β-unsaturated/α-hetero) is 1. The fourth-order valence-electron chi connectivity index (χ4n) is 3.18. The summed E-state index contributed by atoms with van der Waals surface area (Å²) in [5.74, 6) is -0.534. The van der Waals surface area contributed by atoms with Gasteiger partial charge in [-0.25, -0.2) is 4.39 Å². The highest BCUT2D eigenvalue weighted by Gasteiger charge is 2.21. The number of carbonyl (C=O) groups is 2. The molecular formula is C21H24FN3O2. The van der Waals surface area contributed by atoms with Crippen LogP contribution < -0.4 is 10.2 Å². The molecule has 1 heterocycles. The zero-order valence-electron chi connectivity index (χ0n) is 15.5.